The number of benzene rings is 3. The first-order valence-corrected chi connectivity index (χ1v) is 11.6. The van der Waals surface area contributed by atoms with Crippen LogP contribution < -0.4 is 4.72 Å². The molecule has 0 spiro atoms. The molecule has 0 saturated carbocycles. The number of nitrogens with zero attached hydrogens (tertiary/aromatic N) is 1. The fourth-order valence-corrected chi connectivity index (χ4v) is 5.05. The SMILES string of the molecule is Cc1ccc(S(=O)(=O)Nc2ccccc2-c2csc(-c3ccccc3F)n2)cc1C. The summed E-state index contributed by atoms with van der Waals surface area (Å²) in [6, 6.07) is 18.5. The molecule has 4 rings (SSSR count). The molecule has 4 nitrogen and oxygen atoms in total. The largest absolute Gasteiger partial charge is 0.279 e. The summed E-state index contributed by atoms with van der Waals surface area (Å²) in [5.74, 6) is -0.345. The second-order valence-corrected chi connectivity index (χ2v) is 9.46. The van der Waals surface area contributed by atoms with Crippen molar-refractivity contribution in [2.24, 2.45) is 0 Å². The van der Waals surface area contributed by atoms with Gasteiger partial charge in [-0.15, -0.1) is 11.3 Å². The van der Waals surface area contributed by atoms with Crippen LogP contribution in [0.2, 0.25) is 0 Å². The van der Waals surface area contributed by atoms with Crippen LogP contribution in [0.3, 0.4) is 0 Å². The fraction of sp³-hybridized carbons (Fsp3) is 0.0870. The molecule has 7 heteroatoms. The van der Waals surface area contributed by atoms with E-state index in [1.54, 1.807) is 60.0 Å². The van der Waals surface area contributed by atoms with Gasteiger partial charge in [0.15, 0.2) is 0 Å². The zero-order valence-corrected chi connectivity index (χ0v) is 18.0. The molecule has 0 aliphatic heterocycles. The van der Waals surface area contributed by atoms with Crippen molar-refractivity contribution in [3.63, 3.8) is 0 Å². The van der Waals surface area contributed by atoms with Crippen molar-refractivity contribution < 1.29 is 12.8 Å². The smallest absolute Gasteiger partial charge is 0.261 e. The molecule has 0 radical (unpaired) electrons. The molecule has 0 amide bonds. The van der Waals surface area contributed by atoms with E-state index in [0.29, 0.717) is 27.5 Å². The third-order valence-corrected chi connectivity index (χ3v) is 7.08. The molecule has 1 N–H and O–H groups in total. The Bertz CT molecular complexity index is 1330. The number of aryl methyl sites for hydroxylation is 2. The number of hydrogen-bond acceptors (Lipinski definition) is 4. The van der Waals surface area contributed by atoms with Gasteiger partial charge in [0.2, 0.25) is 0 Å². The van der Waals surface area contributed by atoms with Crippen LogP contribution in [0.15, 0.2) is 77.0 Å². The predicted molar refractivity (Wildman–Crippen MR) is 120 cm³/mol. The van der Waals surface area contributed by atoms with Crippen LogP contribution in [0, 0.1) is 19.7 Å². The number of sulfonamides is 1. The molecule has 1 aromatic heterocycles. The number of thiazole rings is 1. The van der Waals surface area contributed by atoms with E-state index in [2.05, 4.69) is 9.71 Å². The average Bonchev–Trinajstić information content (AvgIpc) is 3.20. The van der Waals surface area contributed by atoms with Crippen LogP contribution in [0.4, 0.5) is 10.1 Å². The van der Waals surface area contributed by atoms with Gasteiger partial charge >= 0.3 is 0 Å². The second-order valence-electron chi connectivity index (χ2n) is 6.91. The number of rotatable bonds is 5. The van der Waals surface area contributed by atoms with Crippen molar-refractivity contribution in [2.75, 3.05) is 4.72 Å². The molecule has 0 unspecified atom stereocenters. The average molecular weight is 439 g/mol. The number of para-hydroxylation sites is 1. The highest BCUT2D eigenvalue weighted by atomic mass is 32.2. The van der Waals surface area contributed by atoms with Gasteiger partial charge < -0.3 is 0 Å². The van der Waals surface area contributed by atoms with Crippen LogP contribution in [-0.4, -0.2) is 13.4 Å². The van der Waals surface area contributed by atoms with E-state index in [0.717, 1.165) is 11.1 Å². The summed E-state index contributed by atoms with van der Waals surface area (Å²) in [7, 11) is -3.77. The lowest BCUT2D eigenvalue weighted by atomic mass is 10.1. The molecule has 0 saturated heterocycles. The monoisotopic (exact) mass is 438 g/mol. The molecule has 0 aliphatic carbocycles. The molecule has 152 valence electrons. The highest BCUT2D eigenvalue weighted by Crippen LogP contribution is 2.34. The van der Waals surface area contributed by atoms with Crippen LogP contribution in [0.25, 0.3) is 21.8 Å². The third kappa shape index (κ3) is 3.99. The van der Waals surface area contributed by atoms with Gasteiger partial charge in [-0.1, -0.05) is 36.4 Å². The van der Waals surface area contributed by atoms with E-state index < -0.39 is 10.0 Å². The minimum Gasteiger partial charge on any atom is -0.279 e. The van der Waals surface area contributed by atoms with E-state index in [9.17, 15) is 12.8 Å². The third-order valence-electron chi connectivity index (χ3n) is 4.84. The number of hydrogen-bond donors (Lipinski definition) is 1. The molecule has 4 aromatic rings. The number of anilines is 1. The molecule has 30 heavy (non-hydrogen) atoms. The molecular formula is C23H19FN2O2S2. The summed E-state index contributed by atoms with van der Waals surface area (Å²) in [4.78, 5) is 4.74. The van der Waals surface area contributed by atoms with Gasteiger partial charge in [-0.3, -0.25) is 4.72 Å². The van der Waals surface area contributed by atoms with Crippen molar-refractivity contribution in [3.05, 3.63) is 89.1 Å². The minimum absolute atomic E-state index is 0.200. The Morgan fingerprint density at radius 2 is 1.60 bits per heavy atom. The van der Waals surface area contributed by atoms with Crippen molar-refractivity contribution in [1.29, 1.82) is 0 Å². The number of halogens is 1. The van der Waals surface area contributed by atoms with Crippen molar-refractivity contribution in [3.8, 4) is 21.8 Å². The maximum absolute atomic E-state index is 14.1. The lowest BCUT2D eigenvalue weighted by Crippen LogP contribution is -2.14. The van der Waals surface area contributed by atoms with Crippen molar-refractivity contribution in [1.82, 2.24) is 4.98 Å². The van der Waals surface area contributed by atoms with Crippen LogP contribution in [0.5, 0.6) is 0 Å². The fourth-order valence-electron chi connectivity index (χ4n) is 3.04. The number of aromatic nitrogens is 1. The van der Waals surface area contributed by atoms with E-state index in [4.69, 9.17) is 0 Å². The van der Waals surface area contributed by atoms with Crippen molar-refractivity contribution in [2.45, 2.75) is 18.7 Å². The molecule has 0 atom stereocenters. The predicted octanol–water partition coefficient (Wildman–Crippen LogP) is 6.03. The van der Waals surface area contributed by atoms with Gasteiger partial charge in [-0.05, 0) is 55.3 Å². The van der Waals surface area contributed by atoms with Crippen LogP contribution in [0.1, 0.15) is 11.1 Å². The van der Waals surface area contributed by atoms with E-state index in [1.165, 1.54) is 17.4 Å². The van der Waals surface area contributed by atoms with E-state index in [-0.39, 0.29) is 10.7 Å². The molecule has 0 fully saturated rings. The van der Waals surface area contributed by atoms with Crippen LogP contribution >= 0.6 is 11.3 Å². The number of nitrogens with one attached hydrogen (secondary N) is 1. The molecule has 1 heterocycles. The van der Waals surface area contributed by atoms with Gasteiger partial charge in [0.1, 0.15) is 10.8 Å². The summed E-state index contributed by atoms with van der Waals surface area (Å²) in [6.07, 6.45) is 0. The maximum atomic E-state index is 14.1. The molecule has 0 bridgehead atoms. The molecule has 3 aromatic carbocycles. The summed E-state index contributed by atoms with van der Waals surface area (Å²) in [6.45, 7) is 3.81. The molecule has 0 aliphatic rings. The Morgan fingerprint density at radius 3 is 2.33 bits per heavy atom. The normalized spacial score (nSPS) is 11.4. The Kier molecular flexibility index (Phi) is 5.40. The van der Waals surface area contributed by atoms with Gasteiger partial charge in [0.25, 0.3) is 10.0 Å². The highest BCUT2D eigenvalue weighted by Gasteiger charge is 2.18. The Hall–Kier alpha value is -3.03. The van der Waals surface area contributed by atoms with Crippen molar-refractivity contribution >= 4 is 27.0 Å². The first-order chi connectivity index (χ1) is 14.3. The highest BCUT2D eigenvalue weighted by molar-refractivity contribution is 7.92. The van der Waals surface area contributed by atoms with Gasteiger partial charge in [-0.2, -0.15) is 0 Å². The summed E-state index contributed by atoms with van der Waals surface area (Å²) in [5.41, 5.74) is 3.97. The van der Waals surface area contributed by atoms with Gasteiger partial charge in [0, 0.05) is 16.5 Å². The lowest BCUT2D eigenvalue weighted by Gasteiger charge is -2.12. The Labute approximate surface area is 179 Å². The summed E-state index contributed by atoms with van der Waals surface area (Å²) >= 11 is 1.31. The second kappa shape index (κ2) is 8.01. The van der Waals surface area contributed by atoms with Gasteiger partial charge in [0.05, 0.1) is 16.3 Å². The first-order valence-electron chi connectivity index (χ1n) is 9.25. The Balaban J connectivity index is 1.70. The van der Waals surface area contributed by atoms with E-state index in [1.807, 2.05) is 19.9 Å². The summed E-state index contributed by atoms with van der Waals surface area (Å²) < 4.78 is 42.7. The standard InChI is InChI=1S/C23H19FN2O2S2/c1-15-11-12-17(13-16(15)2)30(27,28)26-21-10-6-4-8-19(21)22-14-29-23(25-22)18-7-3-5-9-20(18)24/h3-14,26H,1-2H3. The van der Waals surface area contributed by atoms with Gasteiger partial charge in [-0.25, -0.2) is 17.8 Å². The van der Waals surface area contributed by atoms with E-state index >= 15 is 0 Å². The quantitative estimate of drug-likeness (QED) is 0.414. The topological polar surface area (TPSA) is 59.1 Å². The maximum Gasteiger partial charge on any atom is 0.261 e. The first kappa shape index (κ1) is 20.3. The zero-order valence-electron chi connectivity index (χ0n) is 16.4. The lowest BCUT2D eigenvalue weighted by molar-refractivity contribution is 0.601. The summed E-state index contributed by atoms with van der Waals surface area (Å²) in [5, 5.41) is 2.33. The van der Waals surface area contributed by atoms with Crippen LogP contribution in [-0.2, 0) is 10.0 Å². The minimum atomic E-state index is -3.77. The molecular weight excluding hydrogens is 419 g/mol. The zero-order chi connectivity index (χ0) is 21.3. The Morgan fingerprint density at radius 1 is 0.900 bits per heavy atom.